The van der Waals surface area contributed by atoms with Crippen molar-refractivity contribution in [2.75, 3.05) is 25.6 Å². The van der Waals surface area contributed by atoms with Crippen molar-refractivity contribution in [3.05, 3.63) is 82.9 Å². The zero-order chi connectivity index (χ0) is 28.4. The molecule has 3 N–H and O–H groups in total. The van der Waals surface area contributed by atoms with Gasteiger partial charge in [0.15, 0.2) is 5.78 Å². The first kappa shape index (κ1) is 29.6. The molecule has 0 aliphatic heterocycles. The van der Waals surface area contributed by atoms with E-state index in [1.54, 1.807) is 30.3 Å². The van der Waals surface area contributed by atoms with Gasteiger partial charge in [0.25, 0.3) is 0 Å². The number of phenols is 1. The second kappa shape index (κ2) is 14.2. The van der Waals surface area contributed by atoms with Crippen LogP contribution in [0.1, 0.15) is 61.2 Å². The average molecular weight is 534 g/mol. The van der Waals surface area contributed by atoms with Gasteiger partial charge in [-0.1, -0.05) is 39.8 Å². The van der Waals surface area contributed by atoms with Crippen molar-refractivity contribution in [1.29, 1.82) is 0 Å². The molecule has 3 aromatic carbocycles. The number of rotatable bonds is 14. The maximum atomic E-state index is 13.3. The van der Waals surface area contributed by atoms with Crippen LogP contribution in [0.2, 0.25) is 0 Å². The van der Waals surface area contributed by atoms with Crippen molar-refractivity contribution in [2.24, 2.45) is 11.8 Å². The highest BCUT2D eigenvalue weighted by atomic mass is 16.5. The summed E-state index contributed by atoms with van der Waals surface area (Å²) in [5.41, 5.74) is 8.81. The lowest BCUT2D eigenvalue weighted by Gasteiger charge is -2.15. The summed E-state index contributed by atoms with van der Waals surface area (Å²) in [6.07, 6.45) is 1.23. The summed E-state index contributed by atoms with van der Waals surface area (Å²) in [6, 6.07) is 17.4. The number of esters is 1. The normalized spacial score (nSPS) is 11.0. The van der Waals surface area contributed by atoms with Gasteiger partial charge in [-0.25, -0.2) is 0 Å². The molecule has 3 aromatic rings. The number of nitrogens with two attached hydrogens (primary N) is 1. The summed E-state index contributed by atoms with van der Waals surface area (Å²) in [5.74, 6) is 0.889. The highest BCUT2D eigenvalue weighted by Gasteiger charge is 2.18. The predicted octanol–water partition coefficient (Wildman–Crippen LogP) is 5.99. The molecule has 208 valence electrons. The molecule has 0 fully saturated rings. The minimum absolute atomic E-state index is 0.163. The Hall–Kier alpha value is -4.00. The Labute approximate surface area is 230 Å². The second-order valence-corrected chi connectivity index (χ2v) is 10.5. The van der Waals surface area contributed by atoms with Gasteiger partial charge in [-0.2, -0.15) is 0 Å². The van der Waals surface area contributed by atoms with Crippen molar-refractivity contribution in [3.8, 4) is 17.2 Å². The van der Waals surface area contributed by atoms with Crippen LogP contribution in [0.4, 0.5) is 5.69 Å². The Balaban J connectivity index is 1.70. The Bertz CT molecular complexity index is 1250. The fourth-order valence-corrected chi connectivity index (χ4v) is 3.80. The zero-order valence-corrected chi connectivity index (χ0v) is 23.2. The Kier molecular flexibility index (Phi) is 10.8. The lowest BCUT2D eigenvalue weighted by atomic mass is 9.98. The van der Waals surface area contributed by atoms with Crippen molar-refractivity contribution in [3.63, 3.8) is 0 Å². The fourth-order valence-electron chi connectivity index (χ4n) is 3.80. The largest absolute Gasteiger partial charge is 0.507 e. The van der Waals surface area contributed by atoms with E-state index < -0.39 is 0 Å². The number of aromatic hydroxyl groups is 1. The van der Waals surface area contributed by atoms with Crippen LogP contribution in [0.25, 0.3) is 0 Å². The van der Waals surface area contributed by atoms with Gasteiger partial charge in [0, 0.05) is 30.2 Å². The number of ketones is 1. The topological polar surface area (TPSA) is 108 Å². The zero-order valence-electron chi connectivity index (χ0n) is 23.2. The molecular weight excluding hydrogens is 494 g/mol. The Morgan fingerprint density at radius 3 is 2.23 bits per heavy atom. The number of carbonyl (C=O) groups excluding carboxylic acids is 2. The van der Waals surface area contributed by atoms with Crippen LogP contribution in [-0.2, 0) is 22.4 Å². The number of ether oxygens (including phenoxy) is 3. The number of benzene rings is 3. The van der Waals surface area contributed by atoms with Gasteiger partial charge in [0.05, 0.1) is 25.4 Å². The highest BCUT2D eigenvalue weighted by molar-refractivity contribution is 6.11. The van der Waals surface area contributed by atoms with E-state index in [-0.39, 0.29) is 35.4 Å². The minimum atomic E-state index is -0.333. The van der Waals surface area contributed by atoms with Crippen molar-refractivity contribution in [2.45, 2.75) is 47.0 Å². The molecule has 7 nitrogen and oxygen atoms in total. The summed E-state index contributed by atoms with van der Waals surface area (Å²) in [6.45, 7) is 9.36. The highest BCUT2D eigenvalue weighted by Crippen LogP contribution is 2.29. The Morgan fingerprint density at radius 2 is 1.56 bits per heavy atom. The number of hydrogen-bond donors (Lipinski definition) is 2. The van der Waals surface area contributed by atoms with Gasteiger partial charge in [-0.15, -0.1) is 0 Å². The van der Waals surface area contributed by atoms with Crippen LogP contribution in [-0.4, -0.2) is 36.7 Å². The van der Waals surface area contributed by atoms with Gasteiger partial charge in [0.2, 0.25) is 0 Å². The number of aryl methyl sites for hydroxylation is 1. The molecule has 0 heterocycles. The van der Waals surface area contributed by atoms with Crippen molar-refractivity contribution in [1.82, 2.24) is 0 Å². The van der Waals surface area contributed by atoms with E-state index >= 15 is 0 Å². The van der Waals surface area contributed by atoms with E-state index in [0.717, 1.165) is 11.1 Å². The molecule has 7 heteroatoms. The third-order valence-electron chi connectivity index (χ3n) is 5.92. The lowest BCUT2D eigenvalue weighted by Crippen LogP contribution is -2.12. The standard InChI is InChI=1S/C32H39NO6/c1-21(2)19-38-30-13-7-25(17-24(30)8-14-31(35)39-20-22(3)4)32(36)28-12-11-27(18-29(28)34)37-16-15-23-5-9-26(33)10-6-23/h5-7,9-13,17-18,21-22,34H,8,14-16,19-20,33H2,1-4H3. The van der Waals surface area contributed by atoms with E-state index in [0.29, 0.717) is 61.3 Å². The second-order valence-electron chi connectivity index (χ2n) is 10.5. The maximum absolute atomic E-state index is 13.3. The van der Waals surface area contributed by atoms with Gasteiger partial charge >= 0.3 is 5.97 Å². The molecule has 0 aliphatic rings. The fraction of sp³-hybridized carbons (Fsp3) is 0.375. The van der Waals surface area contributed by atoms with Gasteiger partial charge in [-0.05, 0) is 71.8 Å². The van der Waals surface area contributed by atoms with Crippen LogP contribution >= 0.6 is 0 Å². The SMILES string of the molecule is CC(C)COC(=O)CCc1cc(C(=O)c2ccc(OCCc3ccc(N)cc3)cc2O)ccc1OCC(C)C. The molecular formula is C32H39NO6. The smallest absolute Gasteiger partial charge is 0.306 e. The molecule has 0 aliphatic carbocycles. The first-order chi connectivity index (χ1) is 18.6. The lowest BCUT2D eigenvalue weighted by molar-refractivity contribution is -0.144. The van der Waals surface area contributed by atoms with Crippen LogP contribution in [0.5, 0.6) is 17.2 Å². The minimum Gasteiger partial charge on any atom is -0.507 e. The molecule has 0 spiro atoms. The average Bonchev–Trinajstić information content (AvgIpc) is 2.90. The van der Waals surface area contributed by atoms with Crippen LogP contribution in [0.3, 0.4) is 0 Å². The molecule has 39 heavy (non-hydrogen) atoms. The van der Waals surface area contributed by atoms with Crippen LogP contribution < -0.4 is 15.2 Å². The van der Waals surface area contributed by atoms with Crippen LogP contribution in [0, 0.1) is 11.8 Å². The van der Waals surface area contributed by atoms with E-state index in [9.17, 15) is 14.7 Å². The number of nitrogen functional groups attached to an aromatic ring is 1. The predicted molar refractivity (Wildman–Crippen MR) is 152 cm³/mol. The molecule has 0 saturated heterocycles. The first-order valence-electron chi connectivity index (χ1n) is 13.4. The van der Waals surface area contributed by atoms with Gasteiger partial charge < -0.3 is 25.1 Å². The third kappa shape index (κ3) is 9.36. The van der Waals surface area contributed by atoms with Crippen molar-refractivity contribution >= 4 is 17.4 Å². The van der Waals surface area contributed by atoms with Crippen LogP contribution in [0.15, 0.2) is 60.7 Å². The molecule has 0 radical (unpaired) electrons. The summed E-state index contributed by atoms with van der Waals surface area (Å²) in [7, 11) is 0. The molecule has 0 bridgehead atoms. The van der Waals surface area contributed by atoms with E-state index in [1.165, 1.54) is 6.07 Å². The Morgan fingerprint density at radius 1 is 0.846 bits per heavy atom. The number of carbonyl (C=O) groups is 2. The number of anilines is 1. The summed E-state index contributed by atoms with van der Waals surface area (Å²) < 4.78 is 17.0. The van der Waals surface area contributed by atoms with Crippen molar-refractivity contribution < 1.29 is 28.9 Å². The molecule has 0 saturated carbocycles. The quantitative estimate of drug-likeness (QED) is 0.149. The monoisotopic (exact) mass is 533 g/mol. The number of phenolic OH excluding ortho intramolecular Hbond substituents is 1. The maximum Gasteiger partial charge on any atom is 0.306 e. The van der Waals surface area contributed by atoms with Gasteiger partial charge in [0.1, 0.15) is 17.2 Å². The first-order valence-corrected chi connectivity index (χ1v) is 13.4. The van der Waals surface area contributed by atoms with E-state index in [2.05, 4.69) is 13.8 Å². The summed E-state index contributed by atoms with van der Waals surface area (Å²) in [5, 5.41) is 10.6. The van der Waals surface area contributed by atoms with Gasteiger partial charge in [-0.3, -0.25) is 9.59 Å². The van der Waals surface area contributed by atoms with E-state index in [4.69, 9.17) is 19.9 Å². The number of hydrogen-bond acceptors (Lipinski definition) is 7. The van der Waals surface area contributed by atoms with E-state index in [1.807, 2.05) is 38.1 Å². The molecule has 0 aromatic heterocycles. The summed E-state index contributed by atoms with van der Waals surface area (Å²) in [4.78, 5) is 25.5. The molecule has 0 atom stereocenters. The molecule has 0 unspecified atom stereocenters. The summed E-state index contributed by atoms with van der Waals surface area (Å²) >= 11 is 0. The molecule has 3 rings (SSSR count). The third-order valence-corrected chi connectivity index (χ3v) is 5.92. The molecule has 0 amide bonds.